The average Bonchev–Trinajstić information content (AvgIpc) is 3.21. The van der Waals surface area contributed by atoms with Crippen LogP contribution in [0, 0.1) is 5.82 Å². The minimum Gasteiger partial charge on any atom is -0.492 e. The summed E-state index contributed by atoms with van der Waals surface area (Å²) in [6, 6.07) is 11.0. The summed E-state index contributed by atoms with van der Waals surface area (Å²) in [6.07, 6.45) is 1.37. The van der Waals surface area contributed by atoms with Gasteiger partial charge in [-0.2, -0.15) is 0 Å². The lowest BCUT2D eigenvalue weighted by atomic mass is 9.81. The molecule has 0 aliphatic carbocycles. The van der Waals surface area contributed by atoms with Gasteiger partial charge in [0.1, 0.15) is 18.2 Å². The number of carboxylic acid groups (broad SMARTS) is 1. The summed E-state index contributed by atoms with van der Waals surface area (Å²) >= 11 is 0. The van der Waals surface area contributed by atoms with Crippen LogP contribution in [0.25, 0.3) is 16.5 Å². The number of benzene rings is 2. The summed E-state index contributed by atoms with van der Waals surface area (Å²) in [4.78, 5) is 32.6. The van der Waals surface area contributed by atoms with Crippen molar-refractivity contribution in [1.29, 1.82) is 0 Å². The number of nitrogens with one attached hydrogen (secondary N) is 1. The highest BCUT2D eigenvalue weighted by atomic mass is 19.1. The average molecular weight is 508 g/mol. The molecule has 0 unspecified atom stereocenters. The first kappa shape index (κ1) is 25.0. The maximum Gasteiger partial charge on any atom is 0.339 e. The van der Waals surface area contributed by atoms with Crippen molar-refractivity contribution in [2.45, 2.75) is 19.3 Å². The van der Waals surface area contributed by atoms with Gasteiger partial charge in [0.05, 0.1) is 24.5 Å². The Bertz CT molecular complexity index is 1360. The van der Waals surface area contributed by atoms with Crippen LogP contribution in [-0.2, 0) is 14.9 Å². The molecule has 2 N–H and O–H groups in total. The third-order valence-corrected chi connectivity index (χ3v) is 6.93. The Kier molecular flexibility index (Phi) is 6.74. The van der Waals surface area contributed by atoms with E-state index in [0.29, 0.717) is 18.1 Å². The molecule has 8 nitrogen and oxygen atoms in total. The quantitative estimate of drug-likeness (QED) is 0.526. The van der Waals surface area contributed by atoms with Gasteiger partial charge in [0, 0.05) is 60.3 Å². The number of carbonyl (C=O) groups excluding carboxylic acids is 1. The van der Waals surface area contributed by atoms with Crippen LogP contribution >= 0.6 is 0 Å². The first-order chi connectivity index (χ1) is 17.7. The second-order valence-electron chi connectivity index (χ2n) is 10.1. The summed E-state index contributed by atoms with van der Waals surface area (Å²) in [5, 5.41) is 11.0. The number of H-pyrrole nitrogens is 1. The summed E-state index contributed by atoms with van der Waals surface area (Å²) in [6.45, 7) is 8.82. The number of halogens is 1. The molecule has 1 saturated heterocycles. The fourth-order valence-electron chi connectivity index (χ4n) is 5.11. The number of nitrogens with zero attached hydrogens (tertiary/aromatic N) is 2. The summed E-state index contributed by atoms with van der Waals surface area (Å²) in [7, 11) is 0. The van der Waals surface area contributed by atoms with E-state index in [9.17, 15) is 19.1 Å². The number of carbonyl (C=O) groups is 2. The van der Waals surface area contributed by atoms with E-state index >= 15 is 0 Å². The second-order valence-corrected chi connectivity index (χ2v) is 10.1. The number of aliphatic carboxylic acids is 1. The van der Waals surface area contributed by atoms with Crippen molar-refractivity contribution >= 4 is 28.4 Å². The molecule has 194 valence electrons. The van der Waals surface area contributed by atoms with Crippen LogP contribution in [0.4, 0.5) is 4.39 Å². The van der Waals surface area contributed by atoms with E-state index in [-0.39, 0.29) is 17.7 Å². The van der Waals surface area contributed by atoms with Crippen molar-refractivity contribution in [3.8, 4) is 5.75 Å². The molecule has 2 aliphatic rings. The predicted molar refractivity (Wildman–Crippen MR) is 137 cm³/mol. The predicted octanol–water partition coefficient (Wildman–Crippen LogP) is 3.88. The first-order valence-electron chi connectivity index (χ1n) is 12.3. The topological polar surface area (TPSA) is 95.1 Å². The van der Waals surface area contributed by atoms with Crippen LogP contribution in [0.15, 0.2) is 48.7 Å². The number of aromatic amines is 1. The van der Waals surface area contributed by atoms with Crippen molar-refractivity contribution in [1.82, 2.24) is 14.8 Å². The van der Waals surface area contributed by atoms with Gasteiger partial charge in [-0.3, -0.25) is 9.69 Å². The lowest BCUT2D eigenvalue weighted by Gasteiger charge is -2.29. The molecule has 0 atom stereocenters. The van der Waals surface area contributed by atoms with Crippen LogP contribution in [0.2, 0.25) is 0 Å². The van der Waals surface area contributed by atoms with Crippen molar-refractivity contribution < 1.29 is 28.6 Å². The number of hydrogen-bond donors (Lipinski definition) is 2. The highest BCUT2D eigenvalue weighted by Crippen LogP contribution is 2.41. The van der Waals surface area contributed by atoms with Gasteiger partial charge in [0.2, 0.25) is 0 Å². The molecular formula is C28H30FN3O5. The molecule has 9 heteroatoms. The van der Waals surface area contributed by atoms with Gasteiger partial charge in [0.25, 0.3) is 5.91 Å². The van der Waals surface area contributed by atoms with Crippen molar-refractivity contribution in [2.75, 3.05) is 46.0 Å². The van der Waals surface area contributed by atoms with Gasteiger partial charge in [-0.05, 0) is 42.0 Å². The maximum atomic E-state index is 13.4. The van der Waals surface area contributed by atoms with Gasteiger partial charge < -0.3 is 24.5 Å². The largest absolute Gasteiger partial charge is 0.492 e. The van der Waals surface area contributed by atoms with Crippen molar-refractivity contribution in [3.05, 3.63) is 71.3 Å². The normalized spacial score (nSPS) is 17.7. The minimum absolute atomic E-state index is 0.0120. The van der Waals surface area contributed by atoms with Gasteiger partial charge in [-0.25, -0.2) is 9.18 Å². The molecule has 37 heavy (non-hydrogen) atoms. The molecule has 1 fully saturated rings. The number of aromatic nitrogens is 1. The zero-order valence-electron chi connectivity index (χ0n) is 20.9. The SMILES string of the molecule is CC1(C)CN(C(=O)c2ccc(F)cc2)C=C(C(=O)O)c2[nH]c3cc(OCCN4CCOCC4)ccc3c21. The molecule has 1 aromatic heterocycles. The number of ether oxygens (including phenoxy) is 2. The number of carboxylic acids is 1. The van der Waals surface area contributed by atoms with Crippen LogP contribution in [-0.4, -0.2) is 77.8 Å². The maximum absolute atomic E-state index is 13.4. The van der Waals surface area contributed by atoms with Crippen LogP contribution in [0.1, 0.15) is 35.5 Å². The third-order valence-electron chi connectivity index (χ3n) is 6.93. The molecule has 1 amide bonds. The Morgan fingerprint density at radius 1 is 1.14 bits per heavy atom. The molecule has 5 rings (SSSR count). The third kappa shape index (κ3) is 5.10. The van der Waals surface area contributed by atoms with Crippen LogP contribution in [0.3, 0.4) is 0 Å². The van der Waals surface area contributed by atoms with Crippen molar-refractivity contribution in [2.24, 2.45) is 0 Å². The Morgan fingerprint density at radius 3 is 2.57 bits per heavy atom. The Hall–Kier alpha value is -3.69. The number of fused-ring (bicyclic) bond motifs is 3. The zero-order valence-corrected chi connectivity index (χ0v) is 20.9. The van der Waals surface area contributed by atoms with E-state index in [1.54, 1.807) is 0 Å². The first-order valence-corrected chi connectivity index (χ1v) is 12.3. The van der Waals surface area contributed by atoms with Crippen LogP contribution in [0.5, 0.6) is 5.75 Å². The molecule has 0 saturated carbocycles. The van der Waals surface area contributed by atoms with E-state index in [0.717, 1.165) is 49.3 Å². The lowest BCUT2D eigenvalue weighted by molar-refractivity contribution is -0.130. The number of morpholine rings is 1. The second kappa shape index (κ2) is 9.99. The Balaban J connectivity index is 1.45. The number of hydrogen-bond acceptors (Lipinski definition) is 5. The molecule has 0 spiro atoms. The van der Waals surface area contributed by atoms with E-state index < -0.39 is 23.1 Å². The fraction of sp³-hybridized carbons (Fsp3) is 0.357. The summed E-state index contributed by atoms with van der Waals surface area (Å²) in [5.74, 6) is -1.29. The zero-order chi connectivity index (χ0) is 26.2. The molecule has 3 heterocycles. The smallest absolute Gasteiger partial charge is 0.339 e. The van der Waals surface area contributed by atoms with E-state index in [1.807, 2.05) is 32.0 Å². The minimum atomic E-state index is -1.15. The molecule has 0 radical (unpaired) electrons. The highest BCUT2D eigenvalue weighted by molar-refractivity contribution is 6.17. The summed E-state index contributed by atoms with van der Waals surface area (Å²) in [5.41, 5.74) is 1.75. The molecule has 3 aromatic rings. The Morgan fingerprint density at radius 2 is 1.86 bits per heavy atom. The molecule has 2 aromatic carbocycles. The monoisotopic (exact) mass is 507 g/mol. The van der Waals surface area contributed by atoms with Gasteiger partial charge in [-0.1, -0.05) is 13.8 Å². The van der Waals surface area contributed by atoms with Crippen molar-refractivity contribution in [3.63, 3.8) is 0 Å². The lowest BCUT2D eigenvalue weighted by Crippen LogP contribution is -2.38. The number of rotatable bonds is 6. The van der Waals surface area contributed by atoms with Gasteiger partial charge in [-0.15, -0.1) is 0 Å². The van der Waals surface area contributed by atoms with E-state index in [2.05, 4.69) is 9.88 Å². The van der Waals surface area contributed by atoms with Crippen LogP contribution < -0.4 is 4.74 Å². The van der Waals surface area contributed by atoms with Gasteiger partial charge >= 0.3 is 5.97 Å². The van der Waals surface area contributed by atoms with E-state index in [1.165, 1.54) is 35.4 Å². The molecule has 2 aliphatic heterocycles. The van der Waals surface area contributed by atoms with Gasteiger partial charge in [0.15, 0.2) is 0 Å². The van der Waals surface area contributed by atoms with E-state index in [4.69, 9.17) is 9.47 Å². The highest BCUT2D eigenvalue weighted by Gasteiger charge is 2.37. The molecule has 0 bridgehead atoms. The molecular weight excluding hydrogens is 477 g/mol. The number of amides is 1. The summed E-state index contributed by atoms with van der Waals surface area (Å²) < 4.78 is 24.8. The Labute approximate surface area is 214 Å². The fourth-order valence-corrected chi connectivity index (χ4v) is 5.11. The standard InChI is InChI=1S/C28H30FN3O5/c1-28(2)17-32(26(33)18-3-5-19(29)6-4-18)16-22(27(34)35)25-24(28)21-8-7-20(15-23(21)30-25)37-14-11-31-9-12-36-13-10-31/h3-8,15-16,30H,9-14,17H2,1-2H3,(H,34,35).